The molecule has 0 aliphatic rings. The molecule has 2 rings (SSSR count). The van der Waals surface area contributed by atoms with Gasteiger partial charge in [-0.25, -0.2) is 0 Å². The van der Waals surface area contributed by atoms with E-state index in [-0.39, 0.29) is 11.8 Å². The molecule has 2 aromatic rings. The highest BCUT2D eigenvalue weighted by Gasteiger charge is 2.28. The van der Waals surface area contributed by atoms with Gasteiger partial charge in [-0.3, -0.25) is 9.59 Å². The van der Waals surface area contributed by atoms with Gasteiger partial charge < -0.3 is 10.2 Å². The standard InChI is InChI=1S/C25H34N2O2/c1-6-23(25(29)26-16-18(2)3)27(17-21-10-8-7-9-11-21)24(28)15-22-14-19(4)12-13-20(22)5/h7-14,18,23H,6,15-17H2,1-5H3,(H,26,29)/t23-/m1/s1. The summed E-state index contributed by atoms with van der Waals surface area (Å²) in [7, 11) is 0. The molecule has 0 saturated heterocycles. The summed E-state index contributed by atoms with van der Waals surface area (Å²) in [5.41, 5.74) is 4.28. The third kappa shape index (κ3) is 6.74. The van der Waals surface area contributed by atoms with E-state index in [0.29, 0.717) is 31.8 Å². The third-order valence-electron chi connectivity index (χ3n) is 5.11. The third-order valence-corrected chi connectivity index (χ3v) is 5.11. The molecule has 0 aliphatic heterocycles. The number of rotatable bonds is 9. The van der Waals surface area contributed by atoms with Crippen molar-refractivity contribution in [2.75, 3.05) is 6.54 Å². The van der Waals surface area contributed by atoms with Gasteiger partial charge in [0.1, 0.15) is 6.04 Å². The Balaban J connectivity index is 2.28. The van der Waals surface area contributed by atoms with Crippen molar-refractivity contribution in [1.29, 1.82) is 0 Å². The molecule has 156 valence electrons. The number of amides is 2. The molecule has 0 unspecified atom stereocenters. The van der Waals surface area contributed by atoms with Crippen LogP contribution < -0.4 is 5.32 Å². The van der Waals surface area contributed by atoms with Gasteiger partial charge in [0.2, 0.25) is 11.8 Å². The maximum Gasteiger partial charge on any atom is 0.242 e. The molecule has 2 aromatic carbocycles. The lowest BCUT2D eigenvalue weighted by Gasteiger charge is -2.31. The predicted octanol–water partition coefficient (Wildman–Crippen LogP) is 4.43. The van der Waals surface area contributed by atoms with Gasteiger partial charge in [-0.2, -0.15) is 0 Å². The zero-order chi connectivity index (χ0) is 21.4. The highest BCUT2D eigenvalue weighted by Crippen LogP contribution is 2.17. The molecule has 0 fully saturated rings. The summed E-state index contributed by atoms with van der Waals surface area (Å²) in [5, 5.41) is 3.01. The summed E-state index contributed by atoms with van der Waals surface area (Å²) in [6.45, 7) is 11.2. The molecule has 1 N–H and O–H groups in total. The monoisotopic (exact) mass is 394 g/mol. The van der Waals surface area contributed by atoms with Crippen LogP contribution in [-0.2, 0) is 22.6 Å². The highest BCUT2D eigenvalue weighted by molar-refractivity contribution is 5.88. The zero-order valence-corrected chi connectivity index (χ0v) is 18.4. The van der Waals surface area contributed by atoms with E-state index in [0.717, 1.165) is 22.3 Å². The number of aryl methyl sites for hydroxylation is 2. The fraction of sp³-hybridized carbons (Fsp3) is 0.440. The topological polar surface area (TPSA) is 49.4 Å². The summed E-state index contributed by atoms with van der Waals surface area (Å²) in [5.74, 6) is 0.269. The van der Waals surface area contributed by atoms with Crippen LogP contribution in [0.2, 0.25) is 0 Å². The summed E-state index contributed by atoms with van der Waals surface area (Å²) < 4.78 is 0. The van der Waals surface area contributed by atoms with Crippen LogP contribution >= 0.6 is 0 Å². The lowest BCUT2D eigenvalue weighted by molar-refractivity contribution is -0.141. The van der Waals surface area contributed by atoms with Gasteiger partial charge in [0.05, 0.1) is 6.42 Å². The average molecular weight is 395 g/mol. The van der Waals surface area contributed by atoms with E-state index in [1.54, 1.807) is 4.90 Å². The fourth-order valence-electron chi connectivity index (χ4n) is 3.38. The first kappa shape index (κ1) is 22.7. The molecule has 0 spiro atoms. The zero-order valence-electron chi connectivity index (χ0n) is 18.4. The molecule has 1 atom stereocenters. The van der Waals surface area contributed by atoms with Crippen molar-refractivity contribution in [2.45, 2.75) is 60.0 Å². The van der Waals surface area contributed by atoms with Crippen LogP contribution in [0.5, 0.6) is 0 Å². The maximum atomic E-state index is 13.4. The van der Waals surface area contributed by atoms with Crippen LogP contribution in [0, 0.1) is 19.8 Å². The molecule has 0 heterocycles. The highest BCUT2D eigenvalue weighted by atomic mass is 16.2. The molecule has 0 bridgehead atoms. The minimum atomic E-state index is -0.480. The van der Waals surface area contributed by atoms with Crippen molar-refractivity contribution >= 4 is 11.8 Å². The van der Waals surface area contributed by atoms with Crippen LogP contribution in [0.1, 0.15) is 49.4 Å². The Morgan fingerprint density at radius 2 is 1.72 bits per heavy atom. The first-order chi connectivity index (χ1) is 13.8. The van der Waals surface area contributed by atoms with Crippen LogP contribution in [0.4, 0.5) is 0 Å². The van der Waals surface area contributed by atoms with Crippen LogP contribution in [0.15, 0.2) is 48.5 Å². The molecular weight excluding hydrogens is 360 g/mol. The Bertz CT molecular complexity index is 815. The minimum absolute atomic E-state index is 0.0194. The Morgan fingerprint density at radius 1 is 1.03 bits per heavy atom. The number of hydrogen-bond acceptors (Lipinski definition) is 2. The molecule has 0 radical (unpaired) electrons. The number of nitrogens with zero attached hydrogens (tertiary/aromatic N) is 1. The Kier molecular flexibility index (Phi) is 8.44. The van der Waals surface area contributed by atoms with E-state index >= 15 is 0 Å². The Hall–Kier alpha value is -2.62. The summed E-state index contributed by atoms with van der Waals surface area (Å²) in [6, 6.07) is 15.6. The average Bonchev–Trinajstić information content (AvgIpc) is 2.69. The van der Waals surface area contributed by atoms with Crippen molar-refractivity contribution in [3.8, 4) is 0 Å². The second kappa shape index (κ2) is 10.8. The molecule has 4 heteroatoms. The number of carbonyl (C=O) groups excluding carboxylic acids is 2. The van der Waals surface area contributed by atoms with Gasteiger partial charge >= 0.3 is 0 Å². The molecule has 29 heavy (non-hydrogen) atoms. The number of hydrogen-bond donors (Lipinski definition) is 1. The lowest BCUT2D eigenvalue weighted by atomic mass is 10.0. The van der Waals surface area contributed by atoms with Gasteiger partial charge in [0.25, 0.3) is 0 Å². The Labute approximate surface area is 175 Å². The molecule has 0 saturated carbocycles. The van der Waals surface area contributed by atoms with Crippen molar-refractivity contribution in [3.63, 3.8) is 0 Å². The number of benzene rings is 2. The van der Waals surface area contributed by atoms with Crippen LogP contribution in [0.3, 0.4) is 0 Å². The van der Waals surface area contributed by atoms with Gasteiger partial charge in [-0.05, 0) is 42.9 Å². The van der Waals surface area contributed by atoms with Crippen molar-refractivity contribution < 1.29 is 9.59 Å². The SMILES string of the molecule is CC[C@H](C(=O)NCC(C)C)N(Cc1ccccc1)C(=O)Cc1cc(C)ccc1C. The van der Waals surface area contributed by atoms with E-state index in [2.05, 4.69) is 31.3 Å². The normalized spacial score (nSPS) is 11.9. The molecular formula is C25H34N2O2. The van der Waals surface area contributed by atoms with Crippen LogP contribution in [-0.4, -0.2) is 29.3 Å². The second-order valence-electron chi connectivity index (χ2n) is 8.18. The van der Waals surface area contributed by atoms with Gasteiger partial charge in [0.15, 0.2) is 0 Å². The second-order valence-corrected chi connectivity index (χ2v) is 8.18. The van der Waals surface area contributed by atoms with Gasteiger partial charge in [-0.15, -0.1) is 0 Å². The lowest BCUT2D eigenvalue weighted by Crippen LogP contribution is -2.50. The Morgan fingerprint density at radius 3 is 2.34 bits per heavy atom. The molecule has 4 nitrogen and oxygen atoms in total. The van der Waals surface area contributed by atoms with Crippen molar-refractivity contribution in [3.05, 3.63) is 70.8 Å². The quantitative estimate of drug-likeness (QED) is 0.684. The minimum Gasteiger partial charge on any atom is -0.354 e. The maximum absolute atomic E-state index is 13.4. The first-order valence-corrected chi connectivity index (χ1v) is 10.5. The van der Waals surface area contributed by atoms with E-state index in [1.807, 2.05) is 57.2 Å². The van der Waals surface area contributed by atoms with E-state index in [9.17, 15) is 9.59 Å². The van der Waals surface area contributed by atoms with Crippen molar-refractivity contribution in [1.82, 2.24) is 10.2 Å². The first-order valence-electron chi connectivity index (χ1n) is 10.5. The fourth-order valence-corrected chi connectivity index (χ4v) is 3.38. The number of carbonyl (C=O) groups is 2. The summed E-state index contributed by atoms with van der Waals surface area (Å²) >= 11 is 0. The summed E-state index contributed by atoms with van der Waals surface area (Å²) in [6.07, 6.45) is 0.879. The molecule has 0 aliphatic carbocycles. The van der Waals surface area contributed by atoms with E-state index in [4.69, 9.17) is 0 Å². The molecule has 0 aromatic heterocycles. The largest absolute Gasteiger partial charge is 0.354 e. The number of nitrogens with one attached hydrogen (secondary N) is 1. The van der Waals surface area contributed by atoms with E-state index in [1.165, 1.54) is 0 Å². The smallest absolute Gasteiger partial charge is 0.242 e. The van der Waals surface area contributed by atoms with Crippen molar-refractivity contribution in [2.24, 2.45) is 5.92 Å². The predicted molar refractivity (Wildman–Crippen MR) is 119 cm³/mol. The summed E-state index contributed by atoms with van der Waals surface area (Å²) in [4.78, 5) is 28.0. The molecule has 2 amide bonds. The van der Waals surface area contributed by atoms with Gasteiger partial charge in [0, 0.05) is 13.1 Å². The van der Waals surface area contributed by atoms with Crippen LogP contribution in [0.25, 0.3) is 0 Å². The van der Waals surface area contributed by atoms with Gasteiger partial charge in [-0.1, -0.05) is 74.9 Å². The van der Waals surface area contributed by atoms with E-state index < -0.39 is 6.04 Å².